The molecule has 0 amide bonds. The molecule has 0 aliphatic heterocycles. The number of carbonyl (C=O) groups is 2. The average Bonchev–Trinajstić information content (AvgIpc) is 3.36. The number of aromatic carboxylic acids is 1. The SMILES string of the molecule is COc1cccc(C(=O)Oc2cc(S(=O)(=O)Oc3c(C)cc(-c4c5ccccc5c(Br)c5sc(C)c(C)c45)cc3C)ccc2C(=O)O)c1. The van der Waals surface area contributed by atoms with Gasteiger partial charge in [-0.3, -0.25) is 0 Å². The molecule has 0 atom stereocenters. The zero-order valence-corrected chi connectivity index (χ0v) is 29.7. The summed E-state index contributed by atoms with van der Waals surface area (Å²) in [5.41, 5.74) is 4.02. The molecule has 1 heterocycles. The van der Waals surface area contributed by atoms with E-state index in [0.29, 0.717) is 16.9 Å². The molecule has 5 aromatic carbocycles. The van der Waals surface area contributed by atoms with Crippen LogP contribution in [0, 0.1) is 27.7 Å². The molecule has 0 radical (unpaired) electrons. The number of methoxy groups -OCH3 is 1. The van der Waals surface area contributed by atoms with Crippen LogP contribution in [0.15, 0.2) is 88.2 Å². The number of hydrogen-bond donors (Lipinski definition) is 1. The average molecular weight is 746 g/mol. The lowest BCUT2D eigenvalue weighted by Gasteiger charge is -2.17. The monoisotopic (exact) mass is 744 g/mol. The van der Waals surface area contributed by atoms with Crippen molar-refractivity contribution < 1.29 is 36.8 Å². The van der Waals surface area contributed by atoms with Crippen LogP contribution in [0.2, 0.25) is 0 Å². The number of carboxylic acids is 1. The van der Waals surface area contributed by atoms with Crippen LogP contribution >= 0.6 is 27.3 Å². The molecule has 11 heteroatoms. The largest absolute Gasteiger partial charge is 0.497 e. The summed E-state index contributed by atoms with van der Waals surface area (Å²) >= 11 is 5.57. The van der Waals surface area contributed by atoms with E-state index >= 15 is 0 Å². The lowest BCUT2D eigenvalue weighted by atomic mass is 9.91. The standard InChI is InChI=1S/C37H29BrO8S2/c1-19-15-24(32-27-11-6-7-12-28(27)33(38)35-31(32)21(3)22(4)47-35)16-20(2)34(19)46-48(42,43)26-13-14-29(36(39)40)30(18-26)45-37(41)23-9-8-10-25(17-23)44-5/h6-18H,1-5H3,(H,39,40). The van der Waals surface area contributed by atoms with Crippen LogP contribution in [0.4, 0.5) is 0 Å². The first-order valence-electron chi connectivity index (χ1n) is 14.7. The summed E-state index contributed by atoms with van der Waals surface area (Å²) in [4.78, 5) is 25.7. The smallest absolute Gasteiger partial charge is 0.343 e. The van der Waals surface area contributed by atoms with Crippen LogP contribution in [-0.4, -0.2) is 32.6 Å². The highest BCUT2D eigenvalue weighted by Gasteiger charge is 2.26. The Balaban J connectivity index is 1.39. The Bertz CT molecular complexity index is 2390. The maximum Gasteiger partial charge on any atom is 0.343 e. The number of fused-ring (bicyclic) bond motifs is 2. The molecule has 0 spiro atoms. The van der Waals surface area contributed by atoms with Crippen molar-refractivity contribution in [3.05, 3.63) is 116 Å². The zero-order chi connectivity index (χ0) is 34.5. The first kappa shape index (κ1) is 33.2. The zero-order valence-electron chi connectivity index (χ0n) is 26.5. The molecule has 8 nitrogen and oxygen atoms in total. The molecule has 0 aliphatic carbocycles. The van der Waals surface area contributed by atoms with E-state index in [-0.39, 0.29) is 16.2 Å². The Labute approximate surface area is 289 Å². The molecule has 0 aliphatic rings. The van der Waals surface area contributed by atoms with Gasteiger partial charge in [0.1, 0.15) is 27.7 Å². The van der Waals surface area contributed by atoms with E-state index in [4.69, 9.17) is 13.7 Å². The fraction of sp³-hybridized carbons (Fsp3) is 0.135. The molecule has 0 fully saturated rings. The van der Waals surface area contributed by atoms with Gasteiger partial charge in [0.15, 0.2) is 0 Å². The van der Waals surface area contributed by atoms with Gasteiger partial charge >= 0.3 is 22.1 Å². The third kappa shape index (κ3) is 5.93. The van der Waals surface area contributed by atoms with Crippen molar-refractivity contribution >= 4 is 70.2 Å². The highest BCUT2D eigenvalue weighted by Crippen LogP contribution is 2.48. The molecule has 244 valence electrons. The number of halogens is 1. The Kier molecular flexibility index (Phi) is 8.80. The predicted octanol–water partition coefficient (Wildman–Crippen LogP) is 9.41. The second-order valence-corrected chi connectivity index (χ2v) is 14.8. The maximum absolute atomic E-state index is 13.6. The first-order valence-corrected chi connectivity index (χ1v) is 17.7. The van der Waals surface area contributed by atoms with Gasteiger partial charge in [-0.2, -0.15) is 8.42 Å². The summed E-state index contributed by atoms with van der Waals surface area (Å²) in [6.07, 6.45) is 0. The molecule has 0 saturated heterocycles. The fourth-order valence-electron chi connectivity index (χ4n) is 5.74. The van der Waals surface area contributed by atoms with Gasteiger partial charge in [0, 0.05) is 20.8 Å². The Morgan fingerprint density at radius 1 is 0.854 bits per heavy atom. The Hall–Kier alpha value is -4.71. The topological polar surface area (TPSA) is 116 Å². The molecule has 1 N–H and O–H groups in total. The van der Waals surface area contributed by atoms with E-state index in [1.165, 1.54) is 29.7 Å². The lowest BCUT2D eigenvalue weighted by molar-refractivity contribution is 0.0680. The van der Waals surface area contributed by atoms with Crippen LogP contribution < -0.4 is 13.7 Å². The van der Waals surface area contributed by atoms with Crippen molar-refractivity contribution in [2.45, 2.75) is 32.6 Å². The van der Waals surface area contributed by atoms with Gasteiger partial charge in [0.2, 0.25) is 0 Å². The molecule has 6 aromatic rings. The first-order chi connectivity index (χ1) is 22.8. The van der Waals surface area contributed by atoms with Crippen LogP contribution in [0.25, 0.3) is 32.0 Å². The molecule has 0 unspecified atom stereocenters. The second-order valence-electron chi connectivity index (χ2n) is 11.3. The normalized spacial score (nSPS) is 11.5. The Morgan fingerprint density at radius 2 is 1.54 bits per heavy atom. The summed E-state index contributed by atoms with van der Waals surface area (Å²) in [6.45, 7) is 7.77. The maximum atomic E-state index is 13.6. The van der Waals surface area contributed by atoms with E-state index in [1.807, 2.05) is 24.3 Å². The lowest BCUT2D eigenvalue weighted by Crippen LogP contribution is -2.15. The minimum atomic E-state index is -4.50. The van der Waals surface area contributed by atoms with Gasteiger partial charge in [0.05, 0.1) is 17.4 Å². The highest BCUT2D eigenvalue weighted by atomic mass is 79.9. The summed E-state index contributed by atoms with van der Waals surface area (Å²) in [5, 5.41) is 13.0. The van der Waals surface area contributed by atoms with Crippen LogP contribution in [0.1, 0.15) is 42.3 Å². The molecular weight excluding hydrogens is 716 g/mol. The number of thiophene rings is 1. The minimum Gasteiger partial charge on any atom is -0.497 e. The molecule has 0 saturated carbocycles. The number of benzene rings is 5. The van der Waals surface area contributed by atoms with Gasteiger partial charge in [-0.25, -0.2) is 9.59 Å². The third-order valence-corrected chi connectivity index (χ3v) is 11.7. The number of hydrogen-bond acceptors (Lipinski definition) is 8. The van der Waals surface area contributed by atoms with E-state index in [2.05, 4.69) is 41.9 Å². The van der Waals surface area contributed by atoms with Crippen LogP contribution in [-0.2, 0) is 10.1 Å². The van der Waals surface area contributed by atoms with E-state index in [9.17, 15) is 23.1 Å². The number of aryl methyl sites for hydroxylation is 4. The molecular formula is C37H29BrO8S2. The van der Waals surface area contributed by atoms with Gasteiger partial charge in [-0.05, 0) is 125 Å². The second kappa shape index (κ2) is 12.7. The summed E-state index contributed by atoms with van der Waals surface area (Å²) in [7, 11) is -3.06. The van der Waals surface area contributed by atoms with Crippen molar-refractivity contribution in [2.75, 3.05) is 7.11 Å². The fourth-order valence-corrected chi connectivity index (χ4v) is 8.71. The quantitative estimate of drug-likeness (QED) is 0.0931. The van der Waals surface area contributed by atoms with Crippen molar-refractivity contribution in [3.63, 3.8) is 0 Å². The third-order valence-electron chi connectivity index (χ3n) is 8.19. The van der Waals surface area contributed by atoms with Crippen molar-refractivity contribution in [1.29, 1.82) is 0 Å². The Morgan fingerprint density at radius 3 is 2.21 bits per heavy atom. The minimum absolute atomic E-state index is 0.0881. The van der Waals surface area contributed by atoms with Crippen molar-refractivity contribution in [3.8, 4) is 28.4 Å². The number of esters is 1. The molecule has 1 aromatic heterocycles. The van der Waals surface area contributed by atoms with Crippen molar-refractivity contribution in [1.82, 2.24) is 0 Å². The molecule has 48 heavy (non-hydrogen) atoms. The highest BCUT2D eigenvalue weighted by molar-refractivity contribution is 9.11. The number of carboxylic acid groups (broad SMARTS) is 1. The van der Waals surface area contributed by atoms with Gasteiger partial charge in [-0.1, -0.05) is 30.3 Å². The van der Waals surface area contributed by atoms with E-state index in [1.54, 1.807) is 37.3 Å². The number of carbonyl (C=O) groups excluding carboxylic acids is 1. The van der Waals surface area contributed by atoms with Gasteiger partial charge in [-0.15, -0.1) is 11.3 Å². The summed E-state index contributed by atoms with van der Waals surface area (Å²) in [5.74, 6) is -2.20. The molecule has 6 rings (SSSR count). The number of ether oxygens (including phenoxy) is 2. The van der Waals surface area contributed by atoms with Gasteiger partial charge in [0.25, 0.3) is 0 Å². The van der Waals surface area contributed by atoms with Crippen LogP contribution in [0.5, 0.6) is 17.2 Å². The van der Waals surface area contributed by atoms with Crippen LogP contribution in [0.3, 0.4) is 0 Å². The molecule has 0 bridgehead atoms. The van der Waals surface area contributed by atoms with Crippen molar-refractivity contribution in [2.24, 2.45) is 0 Å². The number of rotatable bonds is 8. The summed E-state index contributed by atoms with van der Waals surface area (Å²) in [6, 6.07) is 21.2. The summed E-state index contributed by atoms with van der Waals surface area (Å²) < 4.78 is 45.7. The van der Waals surface area contributed by atoms with Gasteiger partial charge < -0.3 is 18.8 Å². The van der Waals surface area contributed by atoms with E-state index < -0.39 is 33.4 Å². The predicted molar refractivity (Wildman–Crippen MR) is 191 cm³/mol. The van der Waals surface area contributed by atoms with E-state index in [0.717, 1.165) is 54.7 Å².